The number of benzene rings is 2. The Bertz CT molecular complexity index is 928. The highest BCUT2D eigenvalue weighted by atomic mass is 19.1. The van der Waals surface area contributed by atoms with Crippen LogP contribution in [0.5, 0.6) is 11.5 Å². The molecule has 1 N–H and O–H groups in total. The fourth-order valence-corrected chi connectivity index (χ4v) is 3.14. The van der Waals surface area contributed by atoms with Crippen LogP contribution in [-0.4, -0.2) is 31.2 Å². The lowest BCUT2D eigenvalue weighted by Gasteiger charge is -2.17. The first kappa shape index (κ1) is 17.1. The number of carbonyl (C=O) groups excluding carboxylic acids is 2. The van der Waals surface area contributed by atoms with Crippen LogP contribution in [0.15, 0.2) is 48.5 Å². The second kappa shape index (κ2) is 7.11. The van der Waals surface area contributed by atoms with Gasteiger partial charge in [0.05, 0.1) is 6.04 Å². The molecule has 6 nitrogen and oxygen atoms in total. The molecule has 2 amide bonds. The summed E-state index contributed by atoms with van der Waals surface area (Å²) in [6.07, 6.45) is 3.26. The third kappa shape index (κ3) is 3.76. The van der Waals surface area contributed by atoms with Crippen LogP contribution in [0.4, 0.5) is 10.1 Å². The molecule has 4 rings (SSSR count). The molecule has 1 atom stereocenters. The van der Waals surface area contributed by atoms with Crippen LogP contribution in [0, 0.1) is 5.82 Å². The fraction of sp³-hybridized carbons (Fsp3) is 0.200. The monoisotopic (exact) mass is 368 g/mol. The Hall–Kier alpha value is -3.35. The van der Waals surface area contributed by atoms with E-state index in [9.17, 15) is 14.0 Å². The van der Waals surface area contributed by atoms with Crippen molar-refractivity contribution in [1.82, 2.24) is 5.32 Å². The average Bonchev–Trinajstić information content (AvgIpc) is 3.25. The summed E-state index contributed by atoms with van der Waals surface area (Å²) in [6, 6.07) is 10.9. The Balaban J connectivity index is 1.36. The molecular weight excluding hydrogens is 351 g/mol. The maximum Gasteiger partial charge on any atom is 0.244 e. The number of rotatable bonds is 4. The predicted molar refractivity (Wildman–Crippen MR) is 96.9 cm³/mol. The molecule has 0 aliphatic carbocycles. The van der Waals surface area contributed by atoms with Gasteiger partial charge in [-0.3, -0.25) is 9.59 Å². The number of hydrogen-bond donors (Lipinski definition) is 1. The third-order valence-electron chi connectivity index (χ3n) is 4.42. The van der Waals surface area contributed by atoms with Crippen molar-refractivity contribution in [1.29, 1.82) is 0 Å². The van der Waals surface area contributed by atoms with Gasteiger partial charge in [0.25, 0.3) is 0 Å². The molecule has 138 valence electrons. The molecule has 0 bridgehead atoms. The highest BCUT2D eigenvalue weighted by molar-refractivity contribution is 5.98. The number of halogens is 1. The number of anilines is 1. The molecule has 2 aliphatic heterocycles. The van der Waals surface area contributed by atoms with Crippen molar-refractivity contribution in [3.8, 4) is 11.5 Å². The Morgan fingerprint density at radius 3 is 2.89 bits per heavy atom. The Kier molecular flexibility index (Phi) is 4.50. The summed E-state index contributed by atoms with van der Waals surface area (Å²) in [5, 5.41) is 2.81. The summed E-state index contributed by atoms with van der Waals surface area (Å²) in [5.74, 6) is 0.472. The van der Waals surface area contributed by atoms with Gasteiger partial charge in [0.15, 0.2) is 11.5 Å². The minimum absolute atomic E-state index is 0.148. The number of carbonyl (C=O) groups is 2. The van der Waals surface area contributed by atoms with Crippen LogP contribution in [0.2, 0.25) is 0 Å². The molecule has 2 aromatic carbocycles. The fourth-order valence-electron chi connectivity index (χ4n) is 3.14. The smallest absolute Gasteiger partial charge is 0.244 e. The lowest BCUT2D eigenvalue weighted by Crippen LogP contribution is -2.36. The second-order valence-electron chi connectivity index (χ2n) is 6.34. The van der Waals surface area contributed by atoms with E-state index in [1.807, 2.05) is 6.07 Å². The first-order chi connectivity index (χ1) is 13.1. The minimum Gasteiger partial charge on any atom is -0.454 e. The first-order valence-corrected chi connectivity index (χ1v) is 8.53. The lowest BCUT2D eigenvalue weighted by atomic mass is 10.2. The maximum atomic E-state index is 13.4. The van der Waals surface area contributed by atoms with E-state index in [1.165, 1.54) is 23.1 Å². The summed E-state index contributed by atoms with van der Waals surface area (Å²) in [5.41, 5.74) is 1.30. The topological polar surface area (TPSA) is 67.9 Å². The van der Waals surface area contributed by atoms with Crippen LogP contribution in [0.1, 0.15) is 12.0 Å². The molecule has 2 aromatic rings. The van der Waals surface area contributed by atoms with Crippen molar-refractivity contribution in [2.75, 3.05) is 18.2 Å². The highest BCUT2D eigenvalue weighted by Gasteiger charge is 2.31. The Morgan fingerprint density at radius 1 is 1.19 bits per heavy atom. The van der Waals surface area contributed by atoms with E-state index >= 15 is 0 Å². The zero-order valence-electron chi connectivity index (χ0n) is 14.4. The van der Waals surface area contributed by atoms with E-state index in [0.29, 0.717) is 23.7 Å². The van der Waals surface area contributed by atoms with Crippen LogP contribution in [0.25, 0.3) is 6.08 Å². The summed E-state index contributed by atoms with van der Waals surface area (Å²) in [4.78, 5) is 25.8. The van der Waals surface area contributed by atoms with Crippen molar-refractivity contribution in [3.05, 3.63) is 59.9 Å². The number of hydrogen-bond acceptors (Lipinski definition) is 4. The van der Waals surface area contributed by atoms with Crippen molar-refractivity contribution in [2.45, 2.75) is 12.5 Å². The van der Waals surface area contributed by atoms with Gasteiger partial charge in [-0.2, -0.15) is 0 Å². The SMILES string of the molecule is O=C(/C=C\c1ccc2c(c1)OCO2)N[C@@H]1CC(=O)N(c2cccc(F)c2)C1. The highest BCUT2D eigenvalue weighted by Crippen LogP contribution is 2.32. The van der Waals surface area contributed by atoms with Crippen molar-refractivity contribution in [3.63, 3.8) is 0 Å². The molecule has 0 spiro atoms. The molecule has 0 unspecified atom stereocenters. The van der Waals surface area contributed by atoms with Gasteiger partial charge in [-0.05, 0) is 42.0 Å². The van der Waals surface area contributed by atoms with Crippen LogP contribution in [0.3, 0.4) is 0 Å². The van der Waals surface area contributed by atoms with Crippen molar-refractivity contribution in [2.24, 2.45) is 0 Å². The average molecular weight is 368 g/mol. The number of amides is 2. The Morgan fingerprint density at radius 2 is 2.04 bits per heavy atom. The van der Waals surface area contributed by atoms with Crippen LogP contribution >= 0.6 is 0 Å². The third-order valence-corrected chi connectivity index (χ3v) is 4.42. The van der Waals surface area contributed by atoms with E-state index in [0.717, 1.165) is 5.56 Å². The number of nitrogens with one attached hydrogen (secondary N) is 1. The largest absolute Gasteiger partial charge is 0.454 e. The quantitative estimate of drug-likeness (QED) is 0.842. The summed E-state index contributed by atoms with van der Waals surface area (Å²) in [6.45, 7) is 0.506. The zero-order chi connectivity index (χ0) is 18.8. The number of ether oxygens (including phenoxy) is 2. The molecule has 1 saturated heterocycles. The maximum absolute atomic E-state index is 13.4. The van der Waals surface area contributed by atoms with Gasteiger partial charge in [0, 0.05) is 24.7 Å². The summed E-state index contributed by atoms with van der Waals surface area (Å²) < 4.78 is 23.9. The molecule has 0 aromatic heterocycles. The summed E-state index contributed by atoms with van der Waals surface area (Å²) in [7, 11) is 0. The van der Waals surface area contributed by atoms with Gasteiger partial charge in [-0.1, -0.05) is 12.1 Å². The van der Waals surface area contributed by atoms with Gasteiger partial charge in [-0.25, -0.2) is 4.39 Å². The standard InChI is InChI=1S/C20H17FN2O4/c21-14-2-1-3-16(9-14)23-11-15(10-20(23)25)22-19(24)7-5-13-4-6-17-18(8-13)27-12-26-17/h1-9,15H,10-12H2,(H,22,24)/b7-5-/t15-/m1/s1. The molecule has 2 aliphatic rings. The van der Waals surface area contributed by atoms with Crippen LogP contribution in [-0.2, 0) is 9.59 Å². The van der Waals surface area contributed by atoms with Gasteiger partial charge in [0.2, 0.25) is 18.6 Å². The number of fused-ring (bicyclic) bond motifs is 1. The lowest BCUT2D eigenvalue weighted by molar-refractivity contribution is -0.117. The van der Waals surface area contributed by atoms with Crippen molar-refractivity contribution < 1.29 is 23.5 Å². The predicted octanol–water partition coefficient (Wildman–Crippen LogP) is 2.49. The normalized spacial score (nSPS) is 18.3. The second-order valence-corrected chi connectivity index (χ2v) is 6.34. The van der Waals surface area contributed by atoms with Crippen molar-refractivity contribution >= 4 is 23.6 Å². The first-order valence-electron chi connectivity index (χ1n) is 8.53. The molecule has 1 fully saturated rings. The van der Waals surface area contributed by atoms with Crippen LogP contribution < -0.4 is 19.7 Å². The van der Waals surface area contributed by atoms with E-state index in [2.05, 4.69) is 5.32 Å². The minimum atomic E-state index is -0.403. The van der Waals surface area contributed by atoms with Gasteiger partial charge >= 0.3 is 0 Å². The molecule has 2 heterocycles. The summed E-state index contributed by atoms with van der Waals surface area (Å²) >= 11 is 0. The van der Waals surface area contributed by atoms with E-state index < -0.39 is 5.82 Å². The van der Waals surface area contributed by atoms with E-state index in [-0.39, 0.29) is 31.1 Å². The Labute approximate surface area is 155 Å². The molecular formula is C20H17FN2O4. The number of nitrogens with zero attached hydrogens (tertiary/aromatic N) is 1. The molecule has 7 heteroatoms. The zero-order valence-corrected chi connectivity index (χ0v) is 14.4. The van der Waals surface area contributed by atoms with Gasteiger partial charge in [0.1, 0.15) is 5.82 Å². The van der Waals surface area contributed by atoms with Gasteiger partial charge in [-0.15, -0.1) is 0 Å². The molecule has 27 heavy (non-hydrogen) atoms. The van der Waals surface area contributed by atoms with Gasteiger partial charge < -0.3 is 19.7 Å². The van der Waals surface area contributed by atoms with E-state index in [1.54, 1.807) is 30.3 Å². The molecule has 0 radical (unpaired) electrons. The molecule has 0 saturated carbocycles. The van der Waals surface area contributed by atoms with E-state index in [4.69, 9.17) is 9.47 Å².